The van der Waals surface area contributed by atoms with E-state index in [1.54, 1.807) is 6.08 Å². The van der Waals surface area contributed by atoms with Crippen LogP contribution < -0.4 is 0 Å². The van der Waals surface area contributed by atoms with E-state index < -0.39 is 0 Å². The average molecular weight is 226 g/mol. The number of alkyl halides is 1. The van der Waals surface area contributed by atoms with Gasteiger partial charge in [0.15, 0.2) is 0 Å². The second-order valence-electron chi connectivity index (χ2n) is 5.42. The summed E-state index contributed by atoms with van der Waals surface area (Å²) in [6.07, 6.45) is 10.8. The number of aliphatic hydroxyl groups is 1. The van der Waals surface area contributed by atoms with Crippen molar-refractivity contribution in [2.75, 3.05) is 6.67 Å². The molecular weight excluding hydrogens is 203 g/mol. The maximum absolute atomic E-state index is 12.2. The van der Waals surface area contributed by atoms with E-state index in [0.29, 0.717) is 0 Å². The zero-order valence-electron chi connectivity index (χ0n) is 10.00. The van der Waals surface area contributed by atoms with Crippen LogP contribution in [0.3, 0.4) is 0 Å². The minimum atomic E-state index is -0.296. The van der Waals surface area contributed by atoms with Gasteiger partial charge in [0.1, 0.15) is 6.67 Å². The third-order valence-corrected chi connectivity index (χ3v) is 4.45. The maximum Gasteiger partial charge on any atom is 0.108 e. The molecule has 0 bridgehead atoms. The standard InChI is InChI=1S/C14H23FO/c15-10-9-11-1-3-12(4-2-11)13-5-7-14(16)8-6-13/h9,12-14,16H,1-8,10H2. The maximum atomic E-state index is 12.2. The van der Waals surface area contributed by atoms with E-state index >= 15 is 0 Å². The molecule has 1 N–H and O–H groups in total. The first kappa shape index (κ1) is 12.1. The Morgan fingerprint density at radius 2 is 1.56 bits per heavy atom. The number of rotatable bonds is 2. The van der Waals surface area contributed by atoms with Gasteiger partial charge in [-0.15, -0.1) is 0 Å². The molecule has 0 aliphatic heterocycles. The quantitative estimate of drug-likeness (QED) is 0.713. The van der Waals surface area contributed by atoms with Crippen molar-refractivity contribution in [2.24, 2.45) is 11.8 Å². The van der Waals surface area contributed by atoms with Crippen LogP contribution in [0.25, 0.3) is 0 Å². The Bertz CT molecular complexity index is 231. The molecule has 0 saturated heterocycles. The van der Waals surface area contributed by atoms with Crippen LogP contribution in [0.4, 0.5) is 4.39 Å². The Hall–Kier alpha value is -0.370. The monoisotopic (exact) mass is 226 g/mol. The molecule has 2 aliphatic carbocycles. The first-order chi connectivity index (χ1) is 7.79. The lowest BCUT2D eigenvalue weighted by atomic mass is 9.72. The van der Waals surface area contributed by atoms with Gasteiger partial charge in [0.25, 0.3) is 0 Å². The van der Waals surface area contributed by atoms with Crippen molar-refractivity contribution in [2.45, 2.75) is 57.5 Å². The summed E-state index contributed by atoms with van der Waals surface area (Å²) in [6, 6.07) is 0. The summed E-state index contributed by atoms with van der Waals surface area (Å²) in [5, 5.41) is 9.49. The van der Waals surface area contributed by atoms with E-state index in [-0.39, 0.29) is 12.8 Å². The Balaban J connectivity index is 1.78. The van der Waals surface area contributed by atoms with Crippen molar-refractivity contribution in [3.05, 3.63) is 11.6 Å². The largest absolute Gasteiger partial charge is 0.393 e. The Morgan fingerprint density at radius 1 is 1.00 bits per heavy atom. The fraction of sp³-hybridized carbons (Fsp3) is 0.857. The van der Waals surface area contributed by atoms with Gasteiger partial charge < -0.3 is 5.11 Å². The highest BCUT2D eigenvalue weighted by Gasteiger charge is 2.28. The molecule has 0 aromatic rings. The van der Waals surface area contributed by atoms with Crippen LogP contribution in [0.2, 0.25) is 0 Å². The summed E-state index contributed by atoms with van der Waals surface area (Å²) < 4.78 is 12.2. The van der Waals surface area contributed by atoms with Crippen molar-refractivity contribution >= 4 is 0 Å². The van der Waals surface area contributed by atoms with Crippen molar-refractivity contribution in [3.63, 3.8) is 0 Å². The van der Waals surface area contributed by atoms with Crippen LogP contribution in [-0.4, -0.2) is 17.9 Å². The lowest BCUT2D eigenvalue weighted by Crippen LogP contribution is -2.25. The lowest BCUT2D eigenvalue weighted by molar-refractivity contribution is 0.0849. The highest BCUT2D eigenvalue weighted by Crippen LogP contribution is 2.39. The molecule has 0 amide bonds. The zero-order chi connectivity index (χ0) is 11.4. The topological polar surface area (TPSA) is 20.2 Å². The highest BCUT2D eigenvalue weighted by atomic mass is 19.1. The summed E-state index contributed by atoms with van der Waals surface area (Å²) >= 11 is 0. The molecule has 0 spiro atoms. The van der Waals surface area contributed by atoms with Crippen LogP contribution in [0.5, 0.6) is 0 Å². The number of hydrogen-bond donors (Lipinski definition) is 1. The van der Waals surface area contributed by atoms with E-state index in [2.05, 4.69) is 0 Å². The molecule has 2 fully saturated rings. The molecule has 2 heteroatoms. The smallest absolute Gasteiger partial charge is 0.108 e. The Morgan fingerprint density at radius 3 is 2.12 bits per heavy atom. The summed E-state index contributed by atoms with van der Waals surface area (Å²) in [5.41, 5.74) is 1.33. The van der Waals surface area contributed by atoms with Gasteiger partial charge in [-0.25, -0.2) is 4.39 Å². The SMILES string of the molecule is OC1CCC(C2CCC(=CCF)CC2)CC1. The third-order valence-electron chi connectivity index (χ3n) is 4.45. The molecule has 16 heavy (non-hydrogen) atoms. The Kier molecular flexibility index (Phi) is 4.39. The second kappa shape index (κ2) is 5.81. The van der Waals surface area contributed by atoms with Gasteiger partial charge in [0, 0.05) is 0 Å². The first-order valence-corrected chi connectivity index (χ1v) is 6.71. The van der Waals surface area contributed by atoms with Crippen molar-refractivity contribution in [1.82, 2.24) is 0 Å². The fourth-order valence-electron chi connectivity index (χ4n) is 3.37. The minimum absolute atomic E-state index is 0.0400. The molecule has 0 atom stereocenters. The molecule has 92 valence electrons. The molecule has 0 aromatic carbocycles. The van der Waals surface area contributed by atoms with Crippen LogP contribution in [0, 0.1) is 11.8 Å². The highest BCUT2D eigenvalue weighted by molar-refractivity contribution is 5.05. The summed E-state index contributed by atoms with van der Waals surface area (Å²) in [6.45, 7) is -0.296. The van der Waals surface area contributed by atoms with Crippen molar-refractivity contribution in [3.8, 4) is 0 Å². The molecule has 0 radical (unpaired) electrons. The van der Waals surface area contributed by atoms with Gasteiger partial charge in [0.05, 0.1) is 6.10 Å². The van der Waals surface area contributed by atoms with Crippen LogP contribution in [-0.2, 0) is 0 Å². The van der Waals surface area contributed by atoms with E-state index in [0.717, 1.165) is 37.5 Å². The van der Waals surface area contributed by atoms with E-state index in [1.807, 2.05) is 0 Å². The number of halogens is 1. The molecule has 1 nitrogen and oxygen atoms in total. The minimum Gasteiger partial charge on any atom is -0.393 e. The van der Waals surface area contributed by atoms with E-state index in [4.69, 9.17) is 0 Å². The predicted octanol–water partition coefficient (Wildman–Crippen LogP) is 3.62. The second-order valence-corrected chi connectivity index (χ2v) is 5.42. The molecule has 2 rings (SSSR count). The fourth-order valence-corrected chi connectivity index (χ4v) is 3.37. The van der Waals surface area contributed by atoms with Crippen molar-refractivity contribution < 1.29 is 9.50 Å². The van der Waals surface area contributed by atoms with Crippen molar-refractivity contribution in [1.29, 1.82) is 0 Å². The van der Waals surface area contributed by atoms with Gasteiger partial charge in [-0.3, -0.25) is 0 Å². The molecule has 0 unspecified atom stereocenters. The van der Waals surface area contributed by atoms with Gasteiger partial charge >= 0.3 is 0 Å². The number of hydrogen-bond acceptors (Lipinski definition) is 1. The van der Waals surface area contributed by atoms with Gasteiger partial charge in [-0.1, -0.05) is 11.6 Å². The Labute approximate surface area is 97.7 Å². The molecule has 0 heterocycles. The molecule has 0 aromatic heterocycles. The zero-order valence-corrected chi connectivity index (χ0v) is 10.00. The van der Waals surface area contributed by atoms with Crippen LogP contribution >= 0.6 is 0 Å². The number of aliphatic hydroxyl groups excluding tert-OH is 1. The average Bonchev–Trinajstić information content (AvgIpc) is 2.32. The van der Waals surface area contributed by atoms with Crippen LogP contribution in [0.15, 0.2) is 11.6 Å². The first-order valence-electron chi connectivity index (χ1n) is 6.71. The summed E-state index contributed by atoms with van der Waals surface area (Å²) in [7, 11) is 0. The van der Waals surface area contributed by atoms with Crippen LogP contribution in [0.1, 0.15) is 51.4 Å². The molecule has 2 aliphatic rings. The third kappa shape index (κ3) is 3.07. The number of allylic oxidation sites excluding steroid dienone is 2. The van der Waals surface area contributed by atoms with Gasteiger partial charge in [-0.2, -0.15) is 0 Å². The van der Waals surface area contributed by atoms with E-state index in [9.17, 15) is 9.50 Å². The van der Waals surface area contributed by atoms with Gasteiger partial charge in [-0.05, 0) is 63.2 Å². The predicted molar refractivity (Wildman–Crippen MR) is 64.0 cm³/mol. The summed E-state index contributed by atoms with van der Waals surface area (Å²) in [5.74, 6) is 1.67. The molecule has 2 saturated carbocycles. The molecular formula is C14H23FO. The van der Waals surface area contributed by atoms with E-state index in [1.165, 1.54) is 31.3 Å². The van der Waals surface area contributed by atoms with Gasteiger partial charge in [0.2, 0.25) is 0 Å². The lowest BCUT2D eigenvalue weighted by Gasteiger charge is -2.35. The summed E-state index contributed by atoms with van der Waals surface area (Å²) in [4.78, 5) is 0. The normalized spacial score (nSPS) is 36.1.